The minimum atomic E-state index is -2.69. The van der Waals surface area contributed by atoms with Gasteiger partial charge in [-0.2, -0.15) is 5.10 Å². The molecule has 1 saturated heterocycles. The third-order valence-electron chi connectivity index (χ3n) is 3.73. The number of rotatable bonds is 6. The van der Waals surface area contributed by atoms with Crippen LogP contribution in [0.15, 0.2) is 6.07 Å². The summed E-state index contributed by atoms with van der Waals surface area (Å²) in [6, 6.07) is 1.02. The molecule has 1 amide bonds. The Labute approximate surface area is 127 Å². The number of likely N-dealkylation sites (tertiary alicyclic amines) is 1. The van der Waals surface area contributed by atoms with E-state index in [1.165, 1.54) is 12.8 Å². The van der Waals surface area contributed by atoms with Gasteiger partial charge in [-0.25, -0.2) is 8.78 Å². The van der Waals surface area contributed by atoms with Crippen LogP contribution in [0.25, 0.3) is 0 Å². The summed E-state index contributed by atoms with van der Waals surface area (Å²) in [6.07, 6.45) is 1.31. The van der Waals surface area contributed by atoms with Gasteiger partial charge in [0, 0.05) is 13.1 Å². The standard InChI is InChI=1S/C14H22F2N4O2/c15-13(16)11-7-12(19-18-11)14(22)17-8-10(21)9-20-5-3-1-2-4-6-20/h7,10,13,21H,1-6,8-9H2,(H,17,22)(H,18,19)/t10-/m1/s1. The number of aromatic nitrogens is 2. The van der Waals surface area contributed by atoms with Crippen molar-refractivity contribution in [3.63, 3.8) is 0 Å². The zero-order valence-electron chi connectivity index (χ0n) is 12.4. The Morgan fingerprint density at radius 2 is 2.05 bits per heavy atom. The lowest BCUT2D eigenvalue weighted by Gasteiger charge is -2.23. The number of nitrogens with zero attached hydrogens (tertiary/aromatic N) is 2. The molecule has 8 heteroatoms. The Kier molecular flexibility index (Phi) is 6.26. The lowest BCUT2D eigenvalue weighted by molar-refractivity contribution is 0.0858. The summed E-state index contributed by atoms with van der Waals surface area (Å²) in [5.74, 6) is -0.571. The van der Waals surface area contributed by atoms with Gasteiger partial charge in [0.25, 0.3) is 12.3 Å². The highest BCUT2D eigenvalue weighted by molar-refractivity contribution is 5.92. The molecular formula is C14H22F2N4O2. The quantitative estimate of drug-likeness (QED) is 0.739. The highest BCUT2D eigenvalue weighted by Crippen LogP contribution is 2.16. The second-order valence-electron chi connectivity index (χ2n) is 5.59. The number of alkyl halides is 2. The van der Waals surface area contributed by atoms with E-state index in [4.69, 9.17) is 0 Å². The zero-order valence-corrected chi connectivity index (χ0v) is 12.4. The van der Waals surface area contributed by atoms with Crippen LogP contribution in [-0.2, 0) is 0 Å². The maximum Gasteiger partial charge on any atom is 0.279 e. The summed E-state index contributed by atoms with van der Waals surface area (Å²) in [5, 5.41) is 18.1. The van der Waals surface area contributed by atoms with E-state index in [-0.39, 0.29) is 12.2 Å². The number of hydrogen-bond acceptors (Lipinski definition) is 4. The molecule has 6 nitrogen and oxygen atoms in total. The molecule has 0 bridgehead atoms. The Balaban J connectivity index is 1.74. The van der Waals surface area contributed by atoms with E-state index >= 15 is 0 Å². The predicted molar refractivity (Wildman–Crippen MR) is 76.8 cm³/mol. The van der Waals surface area contributed by atoms with Gasteiger partial charge < -0.3 is 15.3 Å². The number of aliphatic hydroxyl groups is 1. The molecule has 1 aliphatic heterocycles. The summed E-state index contributed by atoms with van der Waals surface area (Å²) in [7, 11) is 0. The van der Waals surface area contributed by atoms with Crippen LogP contribution < -0.4 is 5.32 Å². The minimum Gasteiger partial charge on any atom is -0.390 e. The second kappa shape index (κ2) is 8.19. The maximum atomic E-state index is 12.4. The van der Waals surface area contributed by atoms with Gasteiger partial charge in [-0.1, -0.05) is 12.8 Å². The first-order valence-corrected chi connectivity index (χ1v) is 7.58. The van der Waals surface area contributed by atoms with Crippen molar-refractivity contribution >= 4 is 5.91 Å². The normalized spacial score (nSPS) is 18.2. The van der Waals surface area contributed by atoms with Crippen molar-refractivity contribution in [2.24, 2.45) is 0 Å². The summed E-state index contributed by atoms with van der Waals surface area (Å²) < 4.78 is 24.8. The van der Waals surface area contributed by atoms with Crippen LogP contribution in [-0.4, -0.2) is 58.4 Å². The highest BCUT2D eigenvalue weighted by atomic mass is 19.3. The van der Waals surface area contributed by atoms with E-state index in [0.717, 1.165) is 32.0 Å². The van der Waals surface area contributed by atoms with Gasteiger partial charge in [-0.05, 0) is 32.0 Å². The van der Waals surface area contributed by atoms with Crippen molar-refractivity contribution in [3.8, 4) is 0 Å². The molecule has 1 atom stereocenters. The molecule has 0 aromatic carbocycles. The van der Waals surface area contributed by atoms with Crippen molar-refractivity contribution < 1.29 is 18.7 Å². The van der Waals surface area contributed by atoms with Crippen molar-refractivity contribution in [2.45, 2.75) is 38.2 Å². The number of amides is 1. The average molecular weight is 316 g/mol. The van der Waals surface area contributed by atoms with Crippen LogP contribution in [0.5, 0.6) is 0 Å². The van der Waals surface area contributed by atoms with Crippen LogP contribution in [0.3, 0.4) is 0 Å². The molecule has 0 radical (unpaired) electrons. The minimum absolute atomic E-state index is 0.0756. The fourth-order valence-electron chi connectivity index (χ4n) is 2.55. The van der Waals surface area contributed by atoms with E-state index in [2.05, 4.69) is 20.4 Å². The molecule has 2 heterocycles. The Morgan fingerprint density at radius 1 is 1.36 bits per heavy atom. The van der Waals surface area contributed by atoms with Gasteiger partial charge in [0.2, 0.25) is 0 Å². The molecule has 1 aromatic heterocycles. The molecule has 1 fully saturated rings. The smallest absolute Gasteiger partial charge is 0.279 e. The third-order valence-corrected chi connectivity index (χ3v) is 3.73. The average Bonchev–Trinajstić information content (AvgIpc) is 2.85. The second-order valence-corrected chi connectivity index (χ2v) is 5.59. The number of aromatic amines is 1. The van der Waals surface area contributed by atoms with E-state index in [0.29, 0.717) is 6.54 Å². The first kappa shape index (κ1) is 16.8. The molecule has 22 heavy (non-hydrogen) atoms. The number of aliphatic hydroxyl groups excluding tert-OH is 1. The number of nitrogens with one attached hydrogen (secondary N) is 2. The number of halogens is 2. The zero-order chi connectivity index (χ0) is 15.9. The first-order chi connectivity index (χ1) is 10.6. The molecule has 0 spiro atoms. The number of β-amino-alcohol motifs (C(OH)–C–C–N with tert-alkyl or cyclic N) is 1. The van der Waals surface area contributed by atoms with Crippen LogP contribution >= 0.6 is 0 Å². The van der Waals surface area contributed by atoms with Crippen molar-refractivity contribution in [3.05, 3.63) is 17.5 Å². The lowest BCUT2D eigenvalue weighted by Crippen LogP contribution is -2.40. The molecule has 0 unspecified atom stereocenters. The summed E-state index contributed by atoms with van der Waals surface area (Å²) in [4.78, 5) is 14.0. The fraction of sp³-hybridized carbons (Fsp3) is 0.714. The molecule has 0 saturated carbocycles. The molecular weight excluding hydrogens is 294 g/mol. The van der Waals surface area contributed by atoms with Gasteiger partial charge in [0.15, 0.2) is 0 Å². The van der Waals surface area contributed by atoms with Crippen LogP contribution in [0.1, 0.15) is 48.3 Å². The van der Waals surface area contributed by atoms with Crippen LogP contribution in [0.4, 0.5) is 8.78 Å². The van der Waals surface area contributed by atoms with Crippen molar-refractivity contribution in [1.29, 1.82) is 0 Å². The van der Waals surface area contributed by atoms with E-state index < -0.39 is 24.1 Å². The summed E-state index contributed by atoms with van der Waals surface area (Å²) in [5.41, 5.74) is -0.493. The van der Waals surface area contributed by atoms with E-state index in [1.807, 2.05) is 0 Å². The molecule has 1 aliphatic rings. The monoisotopic (exact) mass is 316 g/mol. The van der Waals surface area contributed by atoms with Crippen LogP contribution in [0, 0.1) is 0 Å². The number of carbonyl (C=O) groups excluding carboxylic acids is 1. The number of hydrogen-bond donors (Lipinski definition) is 3. The van der Waals surface area contributed by atoms with E-state index in [1.54, 1.807) is 0 Å². The van der Waals surface area contributed by atoms with Gasteiger partial charge in [-0.15, -0.1) is 0 Å². The number of H-pyrrole nitrogens is 1. The molecule has 2 rings (SSSR count). The molecule has 3 N–H and O–H groups in total. The fourth-order valence-corrected chi connectivity index (χ4v) is 2.55. The van der Waals surface area contributed by atoms with Gasteiger partial charge in [0.05, 0.1) is 6.10 Å². The summed E-state index contributed by atoms with van der Waals surface area (Å²) in [6.45, 7) is 2.50. The van der Waals surface area contributed by atoms with Crippen LogP contribution in [0.2, 0.25) is 0 Å². The highest BCUT2D eigenvalue weighted by Gasteiger charge is 2.18. The lowest BCUT2D eigenvalue weighted by atomic mass is 10.2. The summed E-state index contributed by atoms with van der Waals surface area (Å²) >= 11 is 0. The Hall–Kier alpha value is -1.54. The molecule has 0 aliphatic carbocycles. The first-order valence-electron chi connectivity index (χ1n) is 7.58. The SMILES string of the molecule is O=C(NC[C@@H](O)CN1CCCCCC1)c1cc(C(F)F)[nH]n1. The molecule has 124 valence electrons. The predicted octanol–water partition coefficient (Wildman–Crippen LogP) is 1.31. The Morgan fingerprint density at radius 3 is 2.64 bits per heavy atom. The van der Waals surface area contributed by atoms with Crippen molar-refractivity contribution in [2.75, 3.05) is 26.2 Å². The number of carbonyl (C=O) groups is 1. The van der Waals surface area contributed by atoms with Gasteiger partial charge in [-0.3, -0.25) is 9.89 Å². The Bertz CT molecular complexity index is 473. The third kappa shape index (κ3) is 5.03. The maximum absolute atomic E-state index is 12.4. The van der Waals surface area contributed by atoms with E-state index in [9.17, 15) is 18.7 Å². The topological polar surface area (TPSA) is 81.2 Å². The van der Waals surface area contributed by atoms with Gasteiger partial charge in [0.1, 0.15) is 11.4 Å². The largest absolute Gasteiger partial charge is 0.390 e. The van der Waals surface area contributed by atoms with Crippen molar-refractivity contribution in [1.82, 2.24) is 20.4 Å². The molecule has 1 aromatic rings. The van der Waals surface area contributed by atoms with Gasteiger partial charge >= 0.3 is 0 Å².